The molecule has 1 aromatic rings. The second-order valence-electron chi connectivity index (χ2n) is 4.51. The Bertz CT molecular complexity index is 486. The fourth-order valence-electron chi connectivity index (χ4n) is 1.77. The third kappa shape index (κ3) is 4.38. The fourth-order valence-corrected chi connectivity index (χ4v) is 1.77. The predicted molar refractivity (Wildman–Crippen MR) is 74.7 cm³/mol. The van der Waals surface area contributed by atoms with E-state index in [9.17, 15) is 4.79 Å². The van der Waals surface area contributed by atoms with Gasteiger partial charge >= 0.3 is 0 Å². The van der Waals surface area contributed by atoms with Gasteiger partial charge in [-0.15, -0.1) is 0 Å². The lowest BCUT2D eigenvalue weighted by Crippen LogP contribution is -2.37. The number of aromatic nitrogens is 1. The highest BCUT2D eigenvalue weighted by Crippen LogP contribution is 2.10. The van der Waals surface area contributed by atoms with Crippen molar-refractivity contribution in [2.24, 2.45) is 0 Å². The van der Waals surface area contributed by atoms with E-state index in [1.807, 2.05) is 25.7 Å². The predicted octanol–water partition coefficient (Wildman–Crippen LogP) is 1.69. The Hall–Kier alpha value is -1.86. The number of carbonyl (C=O) groups excluding carboxylic acids is 1. The van der Waals surface area contributed by atoms with Crippen molar-refractivity contribution in [2.75, 3.05) is 13.2 Å². The largest absolute Gasteiger partial charge is 0.384 e. The number of hydrogen-bond donors (Lipinski definition) is 1. The monoisotopic (exact) mass is 260 g/mol. The van der Waals surface area contributed by atoms with Crippen molar-refractivity contribution in [1.82, 2.24) is 9.88 Å². The van der Waals surface area contributed by atoms with Crippen molar-refractivity contribution in [2.45, 2.75) is 33.2 Å². The van der Waals surface area contributed by atoms with Crippen LogP contribution in [0.2, 0.25) is 0 Å². The van der Waals surface area contributed by atoms with Crippen LogP contribution in [0.1, 0.15) is 43.1 Å². The van der Waals surface area contributed by atoms with Gasteiger partial charge in [0, 0.05) is 30.5 Å². The molecule has 0 aliphatic carbocycles. The zero-order valence-corrected chi connectivity index (χ0v) is 11.7. The normalized spacial score (nSPS) is 9.95. The quantitative estimate of drug-likeness (QED) is 0.838. The highest BCUT2D eigenvalue weighted by molar-refractivity contribution is 5.94. The van der Waals surface area contributed by atoms with Gasteiger partial charge in [-0.2, -0.15) is 0 Å². The minimum absolute atomic E-state index is 0.0306. The lowest BCUT2D eigenvalue weighted by atomic mass is 10.1. The number of hydrogen-bond acceptors (Lipinski definition) is 3. The molecule has 4 heteroatoms. The van der Waals surface area contributed by atoms with E-state index in [-0.39, 0.29) is 18.6 Å². The van der Waals surface area contributed by atoms with E-state index in [1.165, 1.54) is 0 Å². The Morgan fingerprint density at radius 3 is 2.79 bits per heavy atom. The first-order valence-corrected chi connectivity index (χ1v) is 6.45. The van der Waals surface area contributed by atoms with E-state index in [0.717, 1.165) is 13.0 Å². The molecule has 0 aliphatic rings. The molecule has 0 unspecified atom stereocenters. The van der Waals surface area contributed by atoms with E-state index >= 15 is 0 Å². The molecule has 0 saturated heterocycles. The number of carbonyl (C=O) groups is 1. The molecular weight excluding hydrogens is 240 g/mol. The zero-order valence-electron chi connectivity index (χ0n) is 11.7. The van der Waals surface area contributed by atoms with Gasteiger partial charge in [0.25, 0.3) is 5.91 Å². The van der Waals surface area contributed by atoms with Gasteiger partial charge < -0.3 is 10.0 Å². The Morgan fingerprint density at radius 2 is 2.21 bits per heavy atom. The molecule has 0 aliphatic heterocycles. The molecule has 0 bridgehead atoms. The molecule has 1 N–H and O–H groups in total. The Morgan fingerprint density at radius 1 is 1.47 bits per heavy atom. The fraction of sp³-hybridized carbons (Fsp3) is 0.467. The molecule has 1 amide bonds. The van der Waals surface area contributed by atoms with E-state index in [2.05, 4.69) is 16.8 Å². The maximum absolute atomic E-state index is 12.4. The number of pyridine rings is 1. The molecule has 0 saturated carbocycles. The summed E-state index contributed by atoms with van der Waals surface area (Å²) in [6.07, 6.45) is 4.05. The molecule has 19 heavy (non-hydrogen) atoms. The molecule has 0 aromatic carbocycles. The van der Waals surface area contributed by atoms with Crippen LogP contribution in [-0.4, -0.2) is 40.1 Å². The van der Waals surface area contributed by atoms with E-state index in [4.69, 9.17) is 5.11 Å². The van der Waals surface area contributed by atoms with Crippen LogP contribution < -0.4 is 0 Å². The lowest BCUT2D eigenvalue weighted by molar-refractivity contribution is 0.0705. The van der Waals surface area contributed by atoms with E-state index in [0.29, 0.717) is 11.1 Å². The number of aliphatic hydroxyl groups is 1. The SMILES string of the molecule is CCCN(C(=O)c1cncc(C#CCO)c1)C(C)C. The number of nitrogens with zero attached hydrogens (tertiary/aromatic N) is 2. The summed E-state index contributed by atoms with van der Waals surface area (Å²) in [5, 5.41) is 8.67. The summed E-state index contributed by atoms with van der Waals surface area (Å²) in [6, 6.07) is 1.86. The molecule has 1 aromatic heterocycles. The van der Waals surface area contributed by atoms with Crippen molar-refractivity contribution in [3.05, 3.63) is 29.6 Å². The van der Waals surface area contributed by atoms with Crippen LogP contribution in [0.25, 0.3) is 0 Å². The Labute approximate surface area is 114 Å². The van der Waals surface area contributed by atoms with Gasteiger partial charge in [-0.05, 0) is 26.3 Å². The summed E-state index contributed by atoms with van der Waals surface area (Å²) < 4.78 is 0. The first kappa shape index (κ1) is 15.2. The van der Waals surface area contributed by atoms with E-state index < -0.39 is 0 Å². The molecule has 1 rings (SSSR count). The van der Waals surface area contributed by atoms with Crippen LogP contribution in [0.4, 0.5) is 0 Å². The maximum Gasteiger partial charge on any atom is 0.255 e. The van der Waals surface area contributed by atoms with Gasteiger partial charge in [0.2, 0.25) is 0 Å². The smallest absolute Gasteiger partial charge is 0.255 e. The highest BCUT2D eigenvalue weighted by Gasteiger charge is 2.18. The lowest BCUT2D eigenvalue weighted by Gasteiger charge is -2.26. The summed E-state index contributed by atoms with van der Waals surface area (Å²) in [5.41, 5.74) is 1.17. The van der Waals surface area contributed by atoms with Gasteiger partial charge in [-0.1, -0.05) is 18.8 Å². The summed E-state index contributed by atoms with van der Waals surface area (Å²) in [7, 11) is 0. The van der Waals surface area contributed by atoms with Crippen LogP contribution in [0.5, 0.6) is 0 Å². The van der Waals surface area contributed by atoms with Crippen molar-refractivity contribution in [1.29, 1.82) is 0 Å². The molecule has 0 radical (unpaired) electrons. The van der Waals surface area contributed by atoms with Crippen LogP contribution in [-0.2, 0) is 0 Å². The maximum atomic E-state index is 12.4. The van der Waals surface area contributed by atoms with Crippen molar-refractivity contribution < 1.29 is 9.90 Å². The summed E-state index contributed by atoms with van der Waals surface area (Å²) in [5.74, 6) is 5.27. The molecule has 1 heterocycles. The molecule has 0 fully saturated rings. The van der Waals surface area contributed by atoms with Crippen molar-refractivity contribution in [3.8, 4) is 11.8 Å². The van der Waals surface area contributed by atoms with Crippen LogP contribution in [0, 0.1) is 11.8 Å². The third-order valence-electron chi connectivity index (χ3n) is 2.65. The Kier molecular flexibility index (Phi) is 6.04. The van der Waals surface area contributed by atoms with Gasteiger partial charge in [-0.25, -0.2) is 0 Å². The minimum atomic E-state index is -0.202. The first-order valence-electron chi connectivity index (χ1n) is 6.45. The molecule has 0 atom stereocenters. The van der Waals surface area contributed by atoms with Gasteiger partial charge in [0.1, 0.15) is 6.61 Å². The van der Waals surface area contributed by atoms with Gasteiger partial charge in [0.05, 0.1) is 5.56 Å². The van der Waals surface area contributed by atoms with Gasteiger partial charge in [-0.3, -0.25) is 9.78 Å². The molecular formula is C15H20N2O2. The van der Waals surface area contributed by atoms with E-state index in [1.54, 1.807) is 18.5 Å². The second-order valence-corrected chi connectivity index (χ2v) is 4.51. The second kappa shape index (κ2) is 7.55. The molecule has 102 valence electrons. The summed E-state index contributed by atoms with van der Waals surface area (Å²) in [6.45, 7) is 6.56. The van der Waals surface area contributed by atoms with Crippen LogP contribution in [0.15, 0.2) is 18.5 Å². The van der Waals surface area contributed by atoms with Crippen molar-refractivity contribution >= 4 is 5.91 Å². The average Bonchev–Trinajstić information content (AvgIpc) is 2.41. The van der Waals surface area contributed by atoms with Crippen LogP contribution >= 0.6 is 0 Å². The number of aliphatic hydroxyl groups excluding tert-OH is 1. The number of amides is 1. The number of rotatable bonds is 4. The highest BCUT2D eigenvalue weighted by atomic mass is 16.2. The third-order valence-corrected chi connectivity index (χ3v) is 2.65. The average molecular weight is 260 g/mol. The molecule has 4 nitrogen and oxygen atoms in total. The topological polar surface area (TPSA) is 53.4 Å². The minimum Gasteiger partial charge on any atom is -0.384 e. The molecule has 0 spiro atoms. The van der Waals surface area contributed by atoms with Gasteiger partial charge in [0.15, 0.2) is 0 Å². The van der Waals surface area contributed by atoms with Crippen molar-refractivity contribution in [3.63, 3.8) is 0 Å². The standard InChI is InChI=1S/C15H20N2O2/c1-4-7-17(12(2)3)15(19)14-9-13(6-5-8-18)10-16-11-14/h9-12,18H,4,7-8H2,1-3H3. The summed E-state index contributed by atoms with van der Waals surface area (Å²) in [4.78, 5) is 18.2. The zero-order chi connectivity index (χ0) is 14.3. The van der Waals surface area contributed by atoms with Crippen LogP contribution in [0.3, 0.4) is 0 Å². The Balaban J connectivity index is 2.98. The summed E-state index contributed by atoms with van der Waals surface area (Å²) >= 11 is 0. The first-order chi connectivity index (χ1) is 9.10.